The van der Waals surface area contributed by atoms with Crippen molar-refractivity contribution in [2.75, 3.05) is 25.1 Å². The van der Waals surface area contributed by atoms with Crippen molar-refractivity contribution in [1.29, 1.82) is 0 Å². The molecule has 2 aliphatic rings. The Hall–Kier alpha value is -3.68. The summed E-state index contributed by atoms with van der Waals surface area (Å²) in [7, 11) is 1.60. The molecule has 1 N–H and O–H groups in total. The van der Waals surface area contributed by atoms with E-state index < -0.39 is 0 Å². The molecule has 3 heterocycles. The van der Waals surface area contributed by atoms with Crippen LogP contribution in [0.4, 0.5) is 5.82 Å². The van der Waals surface area contributed by atoms with Crippen LogP contribution in [0.2, 0.25) is 0 Å². The molecule has 1 fully saturated rings. The number of carbonyl (C=O) groups is 1. The van der Waals surface area contributed by atoms with Crippen LogP contribution in [0.15, 0.2) is 48.7 Å². The lowest BCUT2D eigenvalue weighted by Crippen LogP contribution is -2.39. The van der Waals surface area contributed by atoms with Gasteiger partial charge in [-0.15, -0.1) is 10.2 Å². The molecular weight excluding hydrogens is 442 g/mol. The van der Waals surface area contributed by atoms with Gasteiger partial charge in [-0.25, -0.2) is 4.98 Å². The van der Waals surface area contributed by atoms with Gasteiger partial charge in [0.15, 0.2) is 11.5 Å². The lowest BCUT2D eigenvalue weighted by molar-refractivity contribution is 0.0926. The third-order valence-electron chi connectivity index (χ3n) is 6.83. The fourth-order valence-corrected chi connectivity index (χ4v) is 4.97. The number of hydrogen-bond donors (Lipinski definition) is 1. The van der Waals surface area contributed by atoms with Crippen LogP contribution in [-0.2, 0) is 6.42 Å². The molecule has 8 heteroatoms. The van der Waals surface area contributed by atoms with E-state index in [0.29, 0.717) is 11.6 Å². The van der Waals surface area contributed by atoms with Crippen molar-refractivity contribution >= 4 is 11.7 Å². The summed E-state index contributed by atoms with van der Waals surface area (Å²) in [5.41, 5.74) is 3.84. The number of amides is 1. The largest absolute Gasteiger partial charge is 0.489 e. The topological polar surface area (TPSA) is 89.5 Å². The number of fused-ring (bicyclic) bond motifs is 1. The molecule has 1 amide bonds. The van der Waals surface area contributed by atoms with Gasteiger partial charge in [0.25, 0.3) is 5.91 Å². The summed E-state index contributed by atoms with van der Waals surface area (Å²) < 4.78 is 11.2. The van der Waals surface area contributed by atoms with E-state index in [2.05, 4.69) is 43.6 Å². The minimum absolute atomic E-state index is 0.0224. The highest BCUT2D eigenvalue weighted by Gasteiger charge is 2.25. The number of nitrogens with zero attached hydrogens (tertiary/aromatic N) is 4. The Morgan fingerprint density at radius 2 is 1.91 bits per heavy atom. The summed E-state index contributed by atoms with van der Waals surface area (Å²) in [5.74, 6) is 1.97. The van der Waals surface area contributed by atoms with Crippen molar-refractivity contribution in [2.45, 2.75) is 51.2 Å². The zero-order valence-corrected chi connectivity index (χ0v) is 20.2. The lowest BCUT2D eigenvalue weighted by Gasteiger charge is -2.33. The highest BCUT2D eigenvalue weighted by molar-refractivity contribution is 5.92. The second-order valence-corrected chi connectivity index (χ2v) is 9.19. The number of methoxy groups -OCH3 is 1. The zero-order chi connectivity index (χ0) is 24.2. The molecule has 0 spiro atoms. The van der Waals surface area contributed by atoms with Gasteiger partial charge in [-0.2, -0.15) is 0 Å². The number of aromatic nitrogens is 3. The van der Waals surface area contributed by atoms with E-state index in [-0.39, 0.29) is 18.1 Å². The van der Waals surface area contributed by atoms with Gasteiger partial charge in [0.05, 0.1) is 19.3 Å². The first-order chi connectivity index (χ1) is 17.1. The van der Waals surface area contributed by atoms with Crippen LogP contribution in [0.1, 0.15) is 58.9 Å². The third-order valence-corrected chi connectivity index (χ3v) is 6.83. The van der Waals surface area contributed by atoms with Gasteiger partial charge in [0.2, 0.25) is 5.88 Å². The Balaban J connectivity index is 1.18. The molecule has 0 bridgehead atoms. The molecule has 5 rings (SSSR count). The van der Waals surface area contributed by atoms with E-state index in [1.54, 1.807) is 19.4 Å². The first-order valence-electron chi connectivity index (χ1n) is 12.3. The first-order valence-corrected chi connectivity index (χ1v) is 12.3. The fourth-order valence-electron chi connectivity index (χ4n) is 4.97. The van der Waals surface area contributed by atoms with Crippen molar-refractivity contribution < 1.29 is 14.3 Å². The maximum atomic E-state index is 13.0. The quantitative estimate of drug-likeness (QED) is 0.578. The van der Waals surface area contributed by atoms with E-state index in [9.17, 15) is 4.79 Å². The molecule has 1 saturated heterocycles. The second kappa shape index (κ2) is 10.3. The normalized spacial score (nSPS) is 18.0. The highest BCUT2D eigenvalue weighted by atomic mass is 16.5. The summed E-state index contributed by atoms with van der Waals surface area (Å²) in [4.78, 5) is 19.4. The molecule has 2 aromatic heterocycles. The minimum Gasteiger partial charge on any atom is -0.489 e. The van der Waals surface area contributed by atoms with Crippen LogP contribution in [0.3, 0.4) is 0 Å². The van der Waals surface area contributed by atoms with Gasteiger partial charge in [-0.3, -0.25) is 4.79 Å². The number of aryl methyl sites for hydroxylation is 2. The van der Waals surface area contributed by atoms with E-state index >= 15 is 0 Å². The molecule has 8 nitrogen and oxygen atoms in total. The lowest BCUT2D eigenvalue weighted by atomic mass is 9.87. The predicted molar refractivity (Wildman–Crippen MR) is 133 cm³/mol. The molecule has 1 aliphatic heterocycles. The van der Waals surface area contributed by atoms with Gasteiger partial charge in [-0.05, 0) is 55.0 Å². The third kappa shape index (κ3) is 5.21. The van der Waals surface area contributed by atoms with Gasteiger partial charge in [-0.1, -0.05) is 24.3 Å². The van der Waals surface area contributed by atoms with Crippen molar-refractivity contribution in [2.24, 2.45) is 0 Å². The van der Waals surface area contributed by atoms with Crippen LogP contribution in [0, 0.1) is 6.92 Å². The Morgan fingerprint density at radius 1 is 1.09 bits per heavy atom. The van der Waals surface area contributed by atoms with E-state index in [1.165, 1.54) is 11.1 Å². The van der Waals surface area contributed by atoms with Crippen LogP contribution < -0.4 is 19.7 Å². The fraction of sp³-hybridized carbons (Fsp3) is 0.407. The summed E-state index contributed by atoms with van der Waals surface area (Å²) >= 11 is 0. The molecule has 1 atom stereocenters. The maximum Gasteiger partial charge on any atom is 0.272 e. The average molecular weight is 474 g/mol. The molecule has 1 aromatic carbocycles. The van der Waals surface area contributed by atoms with Gasteiger partial charge in [0, 0.05) is 32.0 Å². The van der Waals surface area contributed by atoms with Crippen LogP contribution in [-0.4, -0.2) is 47.4 Å². The number of nitrogens with one attached hydrogen (secondary N) is 1. The molecule has 0 saturated carbocycles. The monoisotopic (exact) mass is 473 g/mol. The first kappa shape index (κ1) is 23.1. The number of piperidine rings is 1. The predicted octanol–water partition coefficient (Wildman–Crippen LogP) is 4.04. The molecule has 1 unspecified atom stereocenters. The summed E-state index contributed by atoms with van der Waals surface area (Å²) in [6.07, 6.45) is 6.63. The average Bonchev–Trinajstić information content (AvgIpc) is 2.90. The Morgan fingerprint density at radius 3 is 2.66 bits per heavy atom. The van der Waals surface area contributed by atoms with Crippen LogP contribution in [0.25, 0.3) is 0 Å². The maximum absolute atomic E-state index is 13.0. The number of hydrogen-bond acceptors (Lipinski definition) is 7. The number of carbonyl (C=O) groups excluding carboxylic acids is 1. The molecule has 1 aliphatic carbocycles. The summed E-state index contributed by atoms with van der Waals surface area (Å²) in [6, 6.07) is 13.9. The Bertz CT molecular complexity index is 1180. The number of ether oxygens (including phenoxy) is 2. The number of benzene rings is 1. The zero-order valence-electron chi connectivity index (χ0n) is 20.2. The Kier molecular flexibility index (Phi) is 6.79. The van der Waals surface area contributed by atoms with E-state index in [4.69, 9.17) is 9.47 Å². The van der Waals surface area contributed by atoms with Crippen molar-refractivity contribution in [1.82, 2.24) is 20.5 Å². The SMILES string of the molecule is COc1ccc(OC2CCN(c3nnc(C(=O)NC4CCCc5ccccc54)cc3C)CC2)cn1. The highest BCUT2D eigenvalue weighted by Crippen LogP contribution is 2.30. The van der Waals surface area contributed by atoms with Crippen molar-refractivity contribution in [3.05, 3.63) is 71.0 Å². The molecular formula is C27H31N5O3. The number of pyridine rings is 1. The van der Waals surface area contributed by atoms with Crippen LogP contribution in [0.5, 0.6) is 11.6 Å². The van der Waals surface area contributed by atoms with Crippen molar-refractivity contribution in [3.8, 4) is 11.6 Å². The van der Waals surface area contributed by atoms with Crippen LogP contribution >= 0.6 is 0 Å². The van der Waals surface area contributed by atoms with Crippen molar-refractivity contribution in [3.63, 3.8) is 0 Å². The summed E-state index contributed by atoms with van der Waals surface area (Å²) in [6.45, 7) is 3.62. The van der Waals surface area contributed by atoms with Gasteiger partial charge < -0.3 is 19.7 Å². The van der Waals surface area contributed by atoms with Gasteiger partial charge in [0.1, 0.15) is 11.9 Å². The molecule has 35 heavy (non-hydrogen) atoms. The second-order valence-electron chi connectivity index (χ2n) is 9.19. The van der Waals surface area contributed by atoms with E-state index in [0.717, 1.165) is 62.3 Å². The number of rotatable bonds is 6. The standard InChI is InChI=1S/C27H31N5O3/c1-18-16-24(27(33)29-23-9-5-7-19-6-3-4-8-22(19)23)30-31-26(18)32-14-12-20(13-15-32)35-21-10-11-25(34-2)28-17-21/h3-4,6,8,10-11,16-17,20,23H,5,7,9,12-15H2,1-2H3,(H,29,33). The molecule has 3 aromatic rings. The minimum atomic E-state index is -0.172. The number of anilines is 1. The van der Waals surface area contributed by atoms with Gasteiger partial charge >= 0.3 is 0 Å². The smallest absolute Gasteiger partial charge is 0.272 e. The van der Waals surface area contributed by atoms with E-state index in [1.807, 2.05) is 25.1 Å². The Labute approximate surface area is 205 Å². The summed E-state index contributed by atoms with van der Waals surface area (Å²) in [5, 5.41) is 11.9. The molecule has 182 valence electrons. The molecule has 0 radical (unpaired) electrons.